The van der Waals surface area contributed by atoms with Crippen LogP contribution in [-0.4, -0.2) is 0 Å². The lowest BCUT2D eigenvalue weighted by molar-refractivity contribution is 0.610. The quantitative estimate of drug-likeness (QED) is 0.122. The Morgan fingerprint density at radius 2 is 1.09 bits per heavy atom. The SMILES string of the molecule is CC1C=C(c2ccc3c(c2)C=CC(c2ccc4cc(-c5ccc6ccc7c8ccccc8ccc7c6c5)ccc4c2)=C=C3)C=CC1/C=C\c1cccc2ccccc12. The average molecular weight is 737 g/mol. The molecule has 0 N–H and O–H groups in total. The third-order valence-electron chi connectivity index (χ3n) is 12.3. The molecule has 0 bridgehead atoms. The molecule has 2 aliphatic rings. The molecule has 58 heavy (non-hydrogen) atoms. The van der Waals surface area contributed by atoms with Crippen LogP contribution in [0.15, 0.2) is 200 Å². The van der Waals surface area contributed by atoms with E-state index in [0.717, 1.165) is 5.57 Å². The van der Waals surface area contributed by atoms with Gasteiger partial charge in [0, 0.05) is 11.5 Å². The largest absolute Gasteiger partial charge is 0.112 e. The summed E-state index contributed by atoms with van der Waals surface area (Å²) in [5.74, 6) is 0.749. The maximum atomic E-state index is 3.62. The summed E-state index contributed by atoms with van der Waals surface area (Å²) < 4.78 is 0. The lowest BCUT2D eigenvalue weighted by Gasteiger charge is -2.21. The van der Waals surface area contributed by atoms with E-state index in [1.165, 1.54) is 98.4 Å². The smallest absolute Gasteiger partial charge is 0.0237 e. The fourth-order valence-electron chi connectivity index (χ4n) is 9.06. The zero-order valence-corrected chi connectivity index (χ0v) is 32.4. The molecule has 272 valence electrons. The Hall–Kier alpha value is -7.24. The second-order valence-electron chi connectivity index (χ2n) is 15.9. The minimum absolute atomic E-state index is 0.354. The van der Waals surface area contributed by atoms with Crippen molar-refractivity contribution in [3.63, 3.8) is 0 Å². The van der Waals surface area contributed by atoms with Gasteiger partial charge in [0.2, 0.25) is 0 Å². The summed E-state index contributed by atoms with van der Waals surface area (Å²) in [5, 5.41) is 12.8. The molecule has 0 aromatic heterocycles. The fourth-order valence-corrected chi connectivity index (χ4v) is 9.06. The predicted molar refractivity (Wildman–Crippen MR) is 252 cm³/mol. The first kappa shape index (κ1) is 34.0. The standard InChI is InChI=1S/C58H40/c1-38-33-46(21-14-39(38)13-19-43-10-6-9-42-7-2-4-11-54(42)43)49-23-18-41-16-15-40(17-22-47(41)34-49)48-25-26-51-36-52(28-27-50(51)35-48)53-24-20-45-30-31-56-55-12-5-3-8-44(55)29-32-57(56)58(45)37-53/h2-14,16-39H,1H3/b19-13-. The second-order valence-corrected chi connectivity index (χ2v) is 15.9. The van der Waals surface area contributed by atoms with Crippen LogP contribution in [0.2, 0.25) is 0 Å². The van der Waals surface area contributed by atoms with Crippen molar-refractivity contribution in [2.24, 2.45) is 11.8 Å². The van der Waals surface area contributed by atoms with E-state index in [2.05, 4.69) is 225 Å². The van der Waals surface area contributed by atoms with Crippen LogP contribution < -0.4 is 0 Å². The number of hydrogen-bond donors (Lipinski definition) is 0. The maximum Gasteiger partial charge on any atom is 0.0237 e. The molecule has 0 radical (unpaired) electrons. The van der Waals surface area contributed by atoms with Crippen molar-refractivity contribution in [3.05, 3.63) is 228 Å². The first-order valence-corrected chi connectivity index (χ1v) is 20.4. The summed E-state index contributed by atoms with van der Waals surface area (Å²) in [6, 6.07) is 60.2. The molecule has 0 amide bonds. The molecule has 9 aromatic rings. The molecule has 0 spiro atoms. The molecule has 2 aliphatic carbocycles. The molecule has 0 saturated carbocycles. The van der Waals surface area contributed by atoms with Crippen LogP contribution in [-0.2, 0) is 0 Å². The topological polar surface area (TPSA) is 0 Å². The third-order valence-corrected chi connectivity index (χ3v) is 12.3. The van der Waals surface area contributed by atoms with Crippen molar-refractivity contribution >= 4 is 83.2 Å². The van der Waals surface area contributed by atoms with E-state index in [9.17, 15) is 0 Å². The normalized spacial score (nSPS) is 16.4. The van der Waals surface area contributed by atoms with Gasteiger partial charge in [-0.05, 0) is 141 Å². The third kappa shape index (κ3) is 6.12. The number of hydrogen-bond acceptors (Lipinski definition) is 0. The van der Waals surface area contributed by atoms with Gasteiger partial charge < -0.3 is 0 Å². The summed E-state index contributed by atoms with van der Waals surface area (Å²) in [4.78, 5) is 0. The first-order valence-electron chi connectivity index (χ1n) is 20.4. The molecule has 0 aliphatic heterocycles. The molecule has 0 nitrogen and oxygen atoms in total. The molecule has 0 heterocycles. The number of allylic oxidation sites excluding steroid dienone is 7. The number of fused-ring (bicyclic) bond motifs is 8. The van der Waals surface area contributed by atoms with Crippen molar-refractivity contribution < 1.29 is 0 Å². The minimum Gasteiger partial charge on any atom is -0.112 e. The first-order chi connectivity index (χ1) is 28.6. The van der Waals surface area contributed by atoms with Gasteiger partial charge in [-0.2, -0.15) is 0 Å². The van der Waals surface area contributed by atoms with E-state index >= 15 is 0 Å². The lowest BCUT2D eigenvalue weighted by atomic mass is 9.84. The van der Waals surface area contributed by atoms with E-state index in [1.54, 1.807) is 0 Å². The summed E-state index contributed by atoms with van der Waals surface area (Å²) >= 11 is 0. The van der Waals surface area contributed by atoms with Gasteiger partial charge in [-0.15, -0.1) is 5.73 Å². The highest BCUT2D eigenvalue weighted by Crippen LogP contribution is 2.36. The van der Waals surface area contributed by atoms with Gasteiger partial charge in [-0.3, -0.25) is 0 Å². The molecule has 0 heteroatoms. The summed E-state index contributed by atoms with van der Waals surface area (Å²) in [5.41, 5.74) is 14.5. The van der Waals surface area contributed by atoms with Crippen LogP contribution in [0.5, 0.6) is 0 Å². The second kappa shape index (κ2) is 14.1. The van der Waals surface area contributed by atoms with Gasteiger partial charge in [-0.25, -0.2) is 0 Å². The Kier molecular flexibility index (Phi) is 8.25. The Bertz CT molecular complexity index is 3330. The Labute approximate surface area is 339 Å². The van der Waals surface area contributed by atoms with Crippen molar-refractivity contribution in [3.8, 4) is 11.1 Å². The highest BCUT2D eigenvalue weighted by atomic mass is 14.2. The van der Waals surface area contributed by atoms with Gasteiger partial charge in [0.15, 0.2) is 0 Å². The Morgan fingerprint density at radius 1 is 0.448 bits per heavy atom. The van der Waals surface area contributed by atoms with Crippen molar-refractivity contribution in [1.29, 1.82) is 0 Å². The fraction of sp³-hybridized carbons (Fsp3) is 0.0517. The minimum atomic E-state index is 0.354. The van der Waals surface area contributed by atoms with Gasteiger partial charge in [0.05, 0.1) is 0 Å². The molecule has 0 saturated heterocycles. The number of rotatable bonds is 5. The van der Waals surface area contributed by atoms with E-state index in [-0.39, 0.29) is 0 Å². The summed E-state index contributed by atoms with van der Waals surface area (Å²) in [6.07, 6.45) is 18.3. The van der Waals surface area contributed by atoms with Crippen LogP contribution >= 0.6 is 0 Å². The molecule has 2 unspecified atom stereocenters. The molecule has 9 aromatic carbocycles. The molecule has 2 atom stereocenters. The zero-order chi connectivity index (χ0) is 38.6. The van der Waals surface area contributed by atoms with Crippen LogP contribution in [0.1, 0.15) is 34.7 Å². The van der Waals surface area contributed by atoms with Crippen LogP contribution in [0, 0.1) is 11.8 Å². The summed E-state index contributed by atoms with van der Waals surface area (Å²) in [7, 11) is 0. The van der Waals surface area contributed by atoms with Gasteiger partial charge in [-0.1, -0.05) is 183 Å². The molecule has 0 fully saturated rings. The summed E-state index contributed by atoms with van der Waals surface area (Å²) in [6.45, 7) is 2.32. The monoisotopic (exact) mass is 736 g/mol. The van der Waals surface area contributed by atoms with Crippen molar-refractivity contribution in [1.82, 2.24) is 0 Å². The average Bonchev–Trinajstić information content (AvgIpc) is 3.50. The van der Waals surface area contributed by atoms with E-state index < -0.39 is 0 Å². The zero-order valence-electron chi connectivity index (χ0n) is 32.4. The molecule has 11 rings (SSSR count). The number of benzene rings is 9. The van der Waals surface area contributed by atoms with Crippen LogP contribution in [0.25, 0.3) is 94.4 Å². The van der Waals surface area contributed by atoms with E-state index in [0.29, 0.717) is 11.8 Å². The Balaban J connectivity index is 0.827. The van der Waals surface area contributed by atoms with E-state index in [4.69, 9.17) is 0 Å². The van der Waals surface area contributed by atoms with Gasteiger partial charge in [0.25, 0.3) is 0 Å². The predicted octanol–water partition coefficient (Wildman–Crippen LogP) is 15.8. The molecular weight excluding hydrogens is 697 g/mol. The van der Waals surface area contributed by atoms with E-state index in [1.807, 2.05) is 0 Å². The van der Waals surface area contributed by atoms with Gasteiger partial charge in [0.1, 0.15) is 0 Å². The lowest BCUT2D eigenvalue weighted by Crippen LogP contribution is -2.08. The Morgan fingerprint density at radius 3 is 1.91 bits per heavy atom. The van der Waals surface area contributed by atoms with Gasteiger partial charge >= 0.3 is 0 Å². The van der Waals surface area contributed by atoms with Crippen molar-refractivity contribution in [2.75, 3.05) is 0 Å². The highest BCUT2D eigenvalue weighted by Gasteiger charge is 2.16. The molecular formula is C58H40. The van der Waals surface area contributed by atoms with Crippen LogP contribution in [0.3, 0.4) is 0 Å². The van der Waals surface area contributed by atoms with Crippen molar-refractivity contribution in [2.45, 2.75) is 6.92 Å². The highest BCUT2D eigenvalue weighted by molar-refractivity contribution is 6.17. The van der Waals surface area contributed by atoms with Crippen LogP contribution in [0.4, 0.5) is 0 Å². The maximum absolute atomic E-state index is 3.62.